The summed E-state index contributed by atoms with van der Waals surface area (Å²) < 4.78 is 15.6. The second kappa shape index (κ2) is 8.39. The van der Waals surface area contributed by atoms with Crippen molar-refractivity contribution in [2.24, 2.45) is 0 Å². The lowest BCUT2D eigenvalue weighted by atomic mass is 9.78. The summed E-state index contributed by atoms with van der Waals surface area (Å²) in [5.74, 6) is 1.65. The van der Waals surface area contributed by atoms with Crippen molar-refractivity contribution < 1.29 is 19.0 Å². The van der Waals surface area contributed by atoms with Crippen LogP contribution in [0, 0.1) is 0 Å². The van der Waals surface area contributed by atoms with Crippen molar-refractivity contribution in [3.05, 3.63) is 59.7 Å². The van der Waals surface area contributed by atoms with Gasteiger partial charge in [-0.2, -0.15) is 0 Å². The van der Waals surface area contributed by atoms with E-state index in [1.54, 1.807) is 0 Å². The Labute approximate surface area is 143 Å². The zero-order valence-electron chi connectivity index (χ0n) is 14.5. The van der Waals surface area contributed by atoms with E-state index < -0.39 is 0 Å². The van der Waals surface area contributed by atoms with Crippen LogP contribution in [0.25, 0.3) is 0 Å². The maximum absolute atomic E-state index is 10.1. The molecule has 0 aliphatic carbocycles. The molecule has 0 aliphatic heterocycles. The van der Waals surface area contributed by atoms with Gasteiger partial charge in [0.2, 0.25) is 0 Å². The number of carbonyl (C=O) groups excluding carboxylic acids is 1. The summed E-state index contributed by atoms with van der Waals surface area (Å²) in [4.78, 5) is 10.1. The first-order valence-electron chi connectivity index (χ1n) is 8.10. The number of hydrogen-bond donors (Lipinski definition) is 0. The molecule has 2 aromatic rings. The SMILES string of the molecule is CCOc1ccc(C(C)(C)c2ccc(OCCOC=O)cc2)cc1. The van der Waals surface area contributed by atoms with Crippen molar-refractivity contribution in [2.45, 2.75) is 26.2 Å². The Morgan fingerprint density at radius 2 is 1.33 bits per heavy atom. The summed E-state index contributed by atoms with van der Waals surface area (Å²) in [5, 5.41) is 0. The highest BCUT2D eigenvalue weighted by Gasteiger charge is 2.23. The van der Waals surface area contributed by atoms with Crippen LogP contribution in [-0.4, -0.2) is 26.3 Å². The first-order valence-corrected chi connectivity index (χ1v) is 8.10. The first-order chi connectivity index (χ1) is 11.6. The molecule has 2 rings (SSSR count). The molecule has 4 heteroatoms. The molecule has 0 fully saturated rings. The molecule has 0 atom stereocenters. The number of ether oxygens (including phenoxy) is 3. The average Bonchev–Trinajstić information content (AvgIpc) is 2.60. The van der Waals surface area contributed by atoms with Crippen molar-refractivity contribution in [2.75, 3.05) is 19.8 Å². The molecule has 0 saturated heterocycles. The minimum Gasteiger partial charge on any atom is -0.494 e. The number of hydrogen-bond acceptors (Lipinski definition) is 4. The minimum atomic E-state index is -0.121. The van der Waals surface area contributed by atoms with Crippen LogP contribution in [0.15, 0.2) is 48.5 Å². The third-order valence-corrected chi connectivity index (χ3v) is 4.00. The van der Waals surface area contributed by atoms with E-state index in [9.17, 15) is 4.79 Å². The van der Waals surface area contributed by atoms with E-state index in [-0.39, 0.29) is 12.0 Å². The van der Waals surface area contributed by atoms with Gasteiger partial charge in [0.25, 0.3) is 6.47 Å². The number of carbonyl (C=O) groups is 1. The van der Waals surface area contributed by atoms with Gasteiger partial charge in [0.15, 0.2) is 0 Å². The molecule has 0 N–H and O–H groups in total. The molecule has 0 amide bonds. The van der Waals surface area contributed by atoms with E-state index in [1.807, 2.05) is 31.2 Å². The Kier molecular flexibility index (Phi) is 6.24. The fraction of sp³-hybridized carbons (Fsp3) is 0.350. The Balaban J connectivity index is 2.06. The molecule has 0 unspecified atom stereocenters. The van der Waals surface area contributed by atoms with Crippen LogP contribution in [0.5, 0.6) is 11.5 Å². The quantitative estimate of drug-likeness (QED) is 0.516. The fourth-order valence-corrected chi connectivity index (χ4v) is 2.52. The van der Waals surface area contributed by atoms with Gasteiger partial charge in [0, 0.05) is 5.41 Å². The Bertz CT molecular complexity index is 630. The Morgan fingerprint density at radius 3 is 1.79 bits per heavy atom. The van der Waals surface area contributed by atoms with E-state index in [4.69, 9.17) is 9.47 Å². The van der Waals surface area contributed by atoms with Gasteiger partial charge in [-0.05, 0) is 42.3 Å². The molecular formula is C20H24O4. The van der Waals surface area contributed by atoms with Crippen LogP contribution in [0.3, 0.4) is 0 Å². The van der Waals surface area contributed by atoms with Crippen LogP contribution >= 0.6 is 0 Å². The average molecular weight is 328 g/mol. The van der Waals surface area contributed by atoms with Gasteiger partial charge in [0.1, 0.15) is 24.7 Å². The third kappa shape index (κ3) is 4.51. The standard InChI is InChI=1S/C20H24O4/c1-4-23-18-9-5-16(6-10-18)20(2,3)17-7-11-19(12-8-17)24-14-13-22-15-21/h5-12,15H,4,13-14H2,1-3H3. The van der Waals surface area contributed by atoms with E-state index in [0.717, 1.165) is 11.5 Å². The smallest absolute Gasteiger partial charge is 0.293 e. The van der Waals surface area contributed by atoms with E-state index >= 15 is 0 Å². The van der Waals surface area contributed by atoms with E-state index in [1.165, 1.54) is 11.1 Å². The molecule has 4 nitrogen and oxygen atoms in total. The van der Waals surface area contributed by atoms with Crippen molar-refractivity contribution in [1.29, 1.82) is 0 Å². The highest BCUT2D eigenvalue weighted by molar-refractivity contribution is 5.41. The van der Waals surface area contributed by atoms with Crippen LogP contribution in [0.2, 0.25) is 0 Å². The van der Waals surface area contributed by atoms with Gasteiger partial charge in [-0.1, -0.05) is 38.1 Å². The van der Waals surface area contributed by atoms with Gasteiger partial charge < -0.3 is 14.2 Å². The fourth-order valence-electron chi connectivity index (χ4n) is 2.52. The Hall–Kier alpha value is -2.49. The van der Waals surface area contributed by atoms with Crippen LogP contribution in [-0.2, 0) is 14.9 Å². The van der Waals surface area contributed by atoms with E-state index in [2.05, 4.69) is 42.8 Å². The first kappa shape index (κ1) is 17.9. The summed E-state index contributed by atoms with van der Waals surface area (Å²) in [5.41, 5.74) is 2.30. The second-order valence-electron chi connectivity index (χ2n) is 5.92. The molecule has 128 valence electrons. The monoisotopic (exact) mass is 328 g/mol. The van der Waals surface area contributed by atoms with Gasteiger partial charge in [-0.25, -0.2) is 0 Å². The highest BCUT2D eigenvalue weighted by atomic mass is 16.5. The maximum Gasteiger partial charge on any atom is 0.293 e. The Morgan fingerprint density at radius 1 is 0.833 bits per heavy atom. The normalized spacial score (nSPS) is 11.0. The van der Waals surface area contributed by atoms with Crippen LogP contribution in [0.1, 0.15) is 31.9 Å². The topological polar surface area (TPSA) is 44.8 Å². The van der Waals surface area contributed by atoms with Gasteiger partial charge in [0.05, 0.1) is 6.61 Å². The van der Waals surface area contributed by atoms with Crippen molar-refractivity contribution in [3.63, 3.8) is 0 Å². The maximum atomic E-state index is 10.1. The molecule has 0 heterocycles. The lowest BCUT2D eigenvalue weighted by Crippen LogP contribution is -2.18. The summed E-state index contributed by atoms with van der Waals surface area (Å²) in [6.45, 7) is 8.05. The highest BCUT2D eigenvalue weighted by Crippen LogP contribution is 2.33. The molecule has 0 aromatic heterocycles. The molecule has 0 bridgehead atoms. The van der Waals surface area contributed by atoms with Crippen LogP contribution < -0.4 is 9.47 Å². The number of benzene rings is 2. The predicted molar refractivity (Wildman–Crippen MR) is 93.7 cm³/mol. The van der Waals surface area contributed by atoms with Gasteiger partial charge in [-0.15, -0.1) is 0 Å². The summed E-state index contributed by atoms with van der Waals surface area (Å²) in [6, 6.07) is 16.2. The summed E-state index contributed by atoms with van der Waals surface area (Å²) >= 11 is 0. The van der Waals surface area contributed by atoms with Crippen molar-refractivity contribution in [3.8, 4) is 11.5 Å². The second-order valence-corrected chi connectivity index (χ2v) is 5.92. The van der Waals surface area contributed by atoms with Crippen molar-refractivity contribution in [1.82, 2.24) is 0 Å². The molecule has 24 heavy (non-hydrogen) atoms. The molecule has 0 radical (unpaired) electrons. The minimum absolute atomic E-state index is 0.121. The van der Waals surface area contributed by atoms with Crippen LogP contribution in [0.4, 0.5) is 0 Å². The predicted octanol–water partition coefficient (Wildman–Crippen LogP) is 3.96. The largest absolute Gasteiger partial charge is 0.494 e. The summed E-state index contributed by atoms with van der Waals surface area (Å²) in [7, 11) is 0. The van der Waals surface area contributed by atoms with Gasteiger partial charge >= 0.3 is 0 Å². The zero-order valence-corrected chi connectivity index (χ0v) is 14.5. The number of rotatable bonds is 9. The van der Waals surface area contributed by atoms with Crippen molar-refractivity contribution >= 4 is 6.47 Å². The third-order valence-electron chi connectivity index (χ3n) is 4.00. The zero-order chi connectivity index (χ0) is 17.4. The lowest BCUT2D eigenvalue weighted by molar-refractivity contribution is -0.129. The molecule has 0 spiro atoms. The molecule has 2 aromatic carbocycles. The summed E-state index contributed by atoms with van der Waals surface area (Å²) in [6.07, 6.45) is 0. The lowest BCUT2D eigenvalue weighted by Gasteiger charge is -2.26. The molecule has 0 aliphatic rings. The molecule has 0 saturated carbocycles. The molecular weight excluding hydrogens is 304 g/mol. The van der Waals surface area contributed by atoms with Gasteiger partial charge in [-0.3, -0.25) is 4.79 Å². The van der Waals surface area contributed by atoms with E-state index in [0.29, 0.717) is 19.7 Å².